The Morgan fingerprint density at radius 1 is 1.52 bits per heavy atom. The van der Waals surface area contributed by atoms with Crippen LogP contribution in [0.2, 0.25) is 0 Å². The third-order valence-electron chi connectivity index (χ3n) is 2.91. The van der Waals surface area contributed by atoms with Gasteiger partial charge < -0.3 is 14.5 Å². The average molecular weight is 337 g/mol. The molecule has 0 unspecified atom stereocenters. The van der Waals surface area contributed by atoms with Gasteiger partial charge in [-0.15, -0.1) is 12.4 Å². The summed E-state index contributed by atoms with van der Waals surface area (Å²) in [6.45, 7) is 1.81. The molecule has 2 rings (SSSR count). The van der Waals surface area contributed by atoms with Crippen LogP contribution < -0.4 is 10.0 Å². The summed E-state index contributed by atoms with van der Waals surface area (Å²) in [5.41, 5.74) is 1.08. The highest BCUT2D eigenvalue weighted by atomic mass is 35.5. The maximum absolute atomic E-state index is 12.0. The first kappa shape index (κ1) is 17.7. The van der Waals surface area contributed by atoms with E-state index in [-0.39, 0.29) is 29.6 Å². The fourth-order valence-electron chi connectivity index (χ4n) is 1.77. The topological polar surface area (TPSA) is 97.6 Å². The van der Waals surface area contributed by atoms with Crippen molar-refractivity contribution in [1.82, 2.24) is 10.0 Å². The number of furan rings is 1. The summed E-state index contributed by atoms with van der Waals surface area (Å²) in [6, 6.07) is 1.14. The van der Waals surface area contributed by atoms with Gasteiger partial charge in [-0.05, 0) is 13.0 Å². The molecule has 1 aliphatic rings. The van der Waals surface area contributed by atoms with Gasteiger partial charge in [0.1, 0.15) is 6.26 Å². The lowest BCUT2D eigenvalue weighted by Gasteiger charge is -2.14. The molecule has 0 bridgehead atoms. The van der Waals surface area contributed by atoms with E-state index in [9.17, 15) is 13.2 Å². The molecule has 0 amide bonds. The molecule has 0 atom stereocenters. The van der Waals surface area contributed by atoms with Gasteiger partial charge in [-0.2, -0.15) is 0 Å². The molecule has 7 nitrogen and oxygen atoms in total. The zero-order chi connectivity index (χ0) is 14.6. The van der Waals surface area contributed by atoms with Crippen molar-refractivity contribution >= 4 is 28.4 Å². The molecule has 0 radical (unpaired) electrons. The monoisotopic (exact) mass is 336 g/mol. The molecular weight excluding hydrogens is 320 g/mol. The molecule has 2 N–H and O–H groups in total. The van der Waals surface area contributed by atoms with Crippen molar-refractivity contribution in [3.63, 3.8) is 0 Å². The fourth-order valence-corrected chi connectivity index (χ4v) is 2.75. The van der Waals surface area contributed by atoms with Crippen molar-refractivity contribution < 1.29 is 22.4 Å². The number of rotatable bonds is 5. The summed E-state index contributed by atoms with van der Waals surface area (Å²) in [6.07, 6.45) is 3.81. The lowest BCUT2D eigenvalue weighted by molar-refractivity contribution is 0.0600. The fraction of sp³-hybridized carbons (Fsp3) is 0.417. The van der Waals surface area contributed by atoms with Crippen molar-refractivity contribution in [2.24, 2.45) is 0 Å². The Kier molecular flexibility index (Phi) is 6.41. The van der Waals surface area contributed by atoms with Gasteiger partial charge in [0.05, 0.1) is 12.7 Å². The standard InChI is InChI=1S/C12H16N2O5S.ClH/c1-18-12(15)10-6-11(19-8-10)20(16,17)14-7-9-2-4-13-5-3-9;/h2,6,8,13-14H,3-5,7H2,1H3;1H. The first-order chi connectivity index (χ1) is 9.53. The molecule has 21 heavy (non-hydrogen) atoms. The molecule has 118 valence electrons. The third kappa shape index (κ3) is 4.57. The minimum absolute atomic E-state index is 0. The molecule has 0 spiro atoms. The highest BCUT2D eigenvalue weighted by molar-refractivity contribution is 7.89. The largest absolute Gasteiger partial charge is 0.465 e. The Labute approximate surface area is 129 Å². The van der Waals surface area contributed by atoms with Crippen LogP contribution in [-0.2, 0) is 14.8 Å². The van der Waals surface area contributed by atoms with Gasteiger partial charge in [0.25, 0.3) is 10.0 Å². The minimum atomic E-state index is -3.77. The Morgan fingerprint density at radius 2 is 2.29 bits per heavy atom. The van der Waals surface area contributed by atoms with Crippen LogP contribution >= 0.6 is 12.4 Å². The number of sulfonamides is 1. The second-order valence-corrected chi connectivity index (χ2v) is 5.98. The molecular formula is C12H17ClN2O5S. The van der Waals surface area contributed by atoms with Gasteiger partial charge in [-0.3, -0.25) is 0 Å². The predicted octanol–water partition coefficient (Wildman–Crippen LogP) is 0.686. The Hall–Kier alpha value is -1.35. The zero-order valence-electron chi connectivity index (χ0n) is 11.4. The maximum atomic E-state index is 12.0. The third-order valence-corrected chi connectivity index (χ3v) is 4.18. The summed E-state index contributed by atoms with van der Waals surface area (Å²) >= 11 is 0. The molecule has 0 saturated carbocycles. The Bertz CT molecular complexity index is 623. The van der Waals surface area contributed by atoms with Crippen LogP contribution in [0.4, 0.5) is 0 Å². The summed E-state index contributed by atoms with van der Waals surface area (Å²) in [4.78, 5) is 11.2. The van der Waals surface area contributed by atoms with E-state index in [4.69, 9.17) is 4.42 Å². The normalized spacial score (nSPS) is 15.0. The van der Waals surface area contributed by atoms with Crippen LogP contribution in [0.1, 0.15) is 16.8 Å². The average Bonchev–Trinajstić information content (AvgIpc) is 2.96. The molecule has 0 saturated heterocycles. The van der Waals surface area contributed by atoms with Gasteiger partial charge in [0, 0.05) is 19.2 Å². The van der Waals surface area contributed by atoms with Crippen molar-refractivity contribution in [1.29, 1.82) is 0 Å². The molecule has 2 heterocycles. The van der Waals surface area contributed by atoms with Crippen LogP contribution in [0.15, 0.2) is 33.5 Å². The maximum Gasteiger partial charge on any atom is 0.341 e. The number of carbonyl (C=O) groups excluding carboxylic acids is 1. The SMILES string of the molecule is COC(=O)c1coc(S(=O)(=O)NCC2=CCNCC2)c1.Cl. The Morgan fingerprint density at radius 3 is 2.90 bits per heavy atom. The van der Waals surface area contributed by atoms with Crippen LogP contribution in [0.5, 0.6) is 0 Å². The highest BCUT2D eigenvalue weighted by Gasteiger charge is 2.21. The second-order valence-electron chi connectivity index (χ2n) is 4.29. The first-order valence-electron chi connectivity index (χ1n) is 6.08. The molecule has 1 aromatic heterocycles. The summed E-state index contributed by atoms with van der Waals surface area (Å²) in [7, 11) is -2.55. The van der Waals surface area contributed by atoms with Gasteiger partial charge in [-0.25, -0.2) is 17.9 Å². The van der Waals surface area contributed by atoms with E-state index in [1.807, 2.05) is 6.08 Å². The quantitative estimate of drug-likeness (QED) is 0.606. The van der Waals surface area contributed by atoms with Crippen molar-refractivity contribution in [2.75, 3.05) is 26.7 Å². The van der Waals surface area contributed by atoms with Crippen molar-refractivity contribution in [3.8, 4) is 0 Å². The summed E-state index contributed by atoms with van der Waals surface area (Å²) in [5.74, 6) is -0.642. The van der Waals surface area contributed by atoms with Crippen LogP contribution in [0.25, 0.3) is 0 Å². The van der Waals surface area contributed by atoms with E-state index in [0.717, 1.165) is 37.4 Å². The van der Waals surface area contributed by atoms with Crippen molar-refractivity contribution in [2.45, 2.75) is 11.5 Å². The van der Waals surface area contributed by atoms with Gasteiger partial charge >= 0.3 is 5.97 Å². The number of ether oxygens (including phenoxy) is 1. The smallest absolute Gasteiger partial charge is 0.341 e. The van der Waals surface area contributed by atoms with Gasteiger partial charge in [0.15, 0.2) is 0 Å². The predicted molar refractivity (Wildman–Crippen MR) is 78.1 cm³/mol. The molecule has 0 aromatic carbocycles. The number of methoxy groups -OCH3 is 1. The molecule has 1 aromatic rings. The Balaban J connectivity index is 0.00000220. The van der Waals surface area contributed by atoms with Crippen molar-refractivity contribution in [3.05, 3.63) is 29.5 Å². The van der Waals surface area contributed by atoms with E-state index in [0.29, 0.717) is 0 Å². The number of esters is 1. The van der Waals surface area contributed by atoms with E-state index < -0.39 is 16.0 Å². The lowest BCUT2D eigenvalue weighted by atomic mass is 10.1. The van der Waals surface area contributed by atoms with Gasteiger partial charge in [0.2, 0.25) is 5.09 Å². The van der Waals surface area contributed by atoms with Crippen LogP contribution in [0, 0.1) is 0 Å². The number of nitrogens with one attached hydrogen (secondary N) is 2. The second kappa shape index (κ2) is 7.60. The van der Waals surface area contributed by atoms with E-state index in [2.05, 4.69) is 14.8 Å². The van der Waals surface area contributed by atoms with Crippen LogP contribution in [-0.4, -0.2) is 41.1 Å². The molecule has 0 aliphatic carbocycles. The number of halogens is 1. The molecule has 9 heteroatoms. The molecule has 0 fully saturated rings. The summed E-state index contributed by atoms with van der Waals surface area (Å²) in [5, 5.41) is 2.84. The number of carbonyl (C=O) groups is 1. The number of hydrogen-bond donors (Lipinski definition) is 2. The lowest BCUT2D eigenvalue weighted by Crippen LogP contribution is -2.29. The van der Waals surface area contributed by atoms with E-state index in [1.54, 1.807) is 0 Å². The van der Waals surface area contributed by atoms with Crippen LogP contribution in [0.3, 0.4) is 0 Å². The summed E-state index contributed by atoms with van der Waals surface area (Å²) < 4.78 is 35.8. The molecule has 1 aliphatic heterocycles. The van der Waals surface area contributed by atoms with E-state index >= 15 is 0 Å². The van der Waals surface area contributed by atoms with E-state index in [1.165, 1.54) is 7.11 Å². The first-order valence-corrected chi connectivity index (χ1v) is 7.56. The zero-order valence-corrected chi connectivity index (χ0v) is 13.1. The highest BCUT2D eigenvalue weighted by Crippen LogP contribution is 2.15. The minimum Gasteiger partial charge on any atom is -0.465 e. The number of hydrogen-bond acceptors (Lipinski definition) is 6. The van der Waals surface area contributed by atoms with Gasteiger partial charge in [-0.1, -0.05) is 11.6 Å².